The second-order valence-electron chi connectivity index (χ2n) is 10.8. The highest BCUT2D eigenvalue weighted by Crippen LogP contribution is 2.48. The number of carbonyl (C=O) groups is 1. The lowest BCUT2D eigenvalue weighted by Gasteiger charge is -2.34. The smallest absolute Gasteiger partial charge is 0.228 e. The minimum absolute atomic E-state index is 0.000997. The number of nitriles is 1. The third-order valence-electron chi connectivity index (χ3n) is 8.25. The van der Waals surface area contributed by atoms with Crippen LogP contribution in [-0.4, -0.2) is 43.5 Å². The third-order valence-corrected chi connectivity index (χ3v) is 8.25. The van der Waals surface area contributed by atoms with E-state index in [-0.39, 0.29) is 30.2 Å². The first-order valence-corrected chi connectivity index (χ1v) is 13.5. The number of rotatable bonds is 7. The van der Waals surface area contributed by atoms with Crippen LogP contribution in [0.1, 0.15) is 56.0 Å². The molecule has 204 valence electrons. The maximum atomic E-state index is 13.0. The molecule has 2 aliphatic rings. The Bertz CT molecular complexity index is 1600. The van der Waals surface area contributed by atoms with Crippen molar-refractivity contribution in [1.29, 1.82) is 5.26 Å². The second kappa shape index (κ2) is 10.2. The molecule has 2 atom stereocenters. The monoisotopic (exact) mass is 537 g/mol. The van der Waals surface area contributed by atoms with E-state index in [2.05, 4.69) is 33.5 Å². The number of anilines is 2. The number of hydrogen-bond acceptors (Lipinski definition) is 8. The van der Waals surface area contributed by atoms with Gasteiger partial charge in [-0.25, -0.2) is 14.6 Å². The number of aromatic nitrogens is 4. The molecular weight excluding hydrogens is 506 g/mol. The molecule has 0 saturated heterocycles. The Morgan fingerprint density at radius 2 is 2.00 bits per heavy atom. The Hall–Kier alpha value is -4.49. The van der Waals surface area contributed by atoms with Crippen molar-refractivity contribution in [2.75, 3.05) is 18.2 Å². The largest absolute Gasteiger partial charge is 0.495 e. The molecule has 2 saturated carbocycles. The van der Waals surface area contributed by atoms with Gasteiger partial charge in [0.2, 0.25) is 5.91 Å². The summed E-state index contributed by atoms with van der Waals surface area (Å²) >= 11 is 0. The van der Waals surface area contributed by atoms with Crippen LogP contribution in [0.15, 0.2) is 54.9 Å². The standard InChI is InChI=1S/C30H31N7O3/c1-40-24-15-19(7-8-23(24)35-29(38)22-16-21(22)18-5-3-2-4-6-18)26-25-27(32)33-17-34-28(25)37(36-26)20-9-11-30(39,12-10-20)13-14-31/h2-8,15,17,20-22,39H,9-13,16H2,1H3,(H,35,38)(H2,32,33,34). The van der Waals surface area contributed by atoms with Crippen LogP contribution in [0.25, 0.3) is 22.3 Å². The molecule has 0 aliphatic heterocycles. The molecule has 1 amide bonds. The highest BCUT2D eigenvalue weighted by atomic mass is 16.5. The predicted molar refractivity (Wildman–Crippen MR) is 150 cm³/mol. The zero-order valence-corrected chi connectivity index (χ0v) is 22.2. The molecule has 2 heterocycles. The summed E-state index contributed by atoms with van der Waals surface area (Å²) in [6.45, 7) is 0. The second-order valence-corrected chi connectivity index (χ2v) is 10.8. The number of nitrogens with two attached hydrogens (primary N) is 1. The Morgan fingerprint density at radius 1 is 1.23 bits per heavy atom. The van der Waals surface area contributed by atoms with Crippen LogP contribution in [-0.2, 0) is 4.79 Å². The first-order chi connectivity index (χ1) is 19.4. The quantitative estimate of drug-likeness (QED) is 0.310. The highest BCUT2D eigenvalue weighted by Gasteiger charge is 2.44. The first kappa shape index (κ1) is 25.8. The molecule has 2 fully saturated rings. The lowest BCUT2D eigenvalue weighted by molar-refractivity contribution is -0.117. The topological polar surface area (TPSA) is 152 Å². The van der Waals surface area contributed by atoms with Crippen LogP contribution in [0.2, 0.25) is 0 Å². The van der Waals surface area contributed by atoms with E-state index in [0.29, 0.717) is 59.7 Å². The van der Waals surface area contributed by atoms with Crippen LogP contribution in [0.3, 0.4) is 0 Å². The maximum absolute atomic E-state index is 13.0. The summed E-state index contributed by atoms with van der Waals surface area (Å²) in [6.07, 6.45) is 4.72. The molecule has 10 heteroatoms. The molecule has 4 aromatic rings. The number of carbonyl (C=O) groups excluding carboxylic acids is 1. The van der Waals surface area contributed by atoms with Gasteiger partial charge in [0, 0.05) is 11.5 Å². The molecule has 0 radical (unpaired) electrons. The fourth-order valence-electron chi connectivity index (χ4n) is 5.88. The Kier molecular flexibility index (Phi) is 6.60. The maximum Gasteiger partial charge on any atom is 0.228 e. The summed E-state index contributed by atoms with van der Waals surface area (Å²) in [5.41, 5.74) is 9.13. The number of ether oxygens (including phenoxy) is 1. The van der Waals surface area contributed by atoms with Gasteiger partial charge >= 0.3 is 0 Å². The number of nitrogens with one attached hydrogen (secondary N) is 1. The number of aliphatic hydroxyl groups is 1. The van der Waals surface area contributed by atoms with E-state index in [1.807, 2.05) is 41.1 Å². The number of methoxy groups -OCH3 is 1. The molecule has 2 aromatic carbocycles. The normalized spacial score (nSPS) is 23.9. The van der Waals surface area contributed by atoms with Crippen LogP contribution in [0.4, 0.5) is 11.5 Å². The van der Waals surface area contributed by atoms with E-state index < -0.39 is 5.60 Å². The average Bonchev–Trinajstić information content (AvgIpc) is 3.68. The van der Waals surface area contributed by atoms with Gasteiger partial charge in [0.15, 0.2) is 5.65 Å². The van der Waals surface area contributed by atoms with E-state index in [1.54, 1.807) is 7.11 Å². The fourth-order valence-corrected chi connectivity index (χ4v) is 5.88. The molecule has 0 bridgehead atoms. The molecule has 40 heavy (non-hydrogen) atoms. The summed E-state index contributed by atoms with van der Waals surface area (Å²) in [5, 5.41) is 28.4. The van der Waals surface area contributed by atoms with Gasteiger partial charge in [0.05, 0.1) is 42.3 Å². The lowest BCUT2D eigenvalue weighted by atomic mass is 9.80. The zero-order chi connectivity index (χ0) is 27.9. The molecule has 0 spiro atoms. The average molecular weight is 538 g/mol. The van der Waals surface area contributed by atoms with Crippen LogP contribution < -0.4 is 15.8 Å². The van der Waals surface area contributed by atoms with E-state index in [4.69, 9.17) is 20.8 Å². The molecular formula is C30H31N7O3. The number of hydrogen-bond donors (Lipinski definition) is 3. The van der Waals surface area contributed by atoms with Gasteiger partial charge in [-0.15, -0.1) is 0 Å². The molecule has 10 nitrogen and oxygen atoms in total. The lowest BCUT2D eigenvalue weighted by Crippen LogP contribution is -2.34. The molecule has 2 aromatic heterocycles. The molecule has 2 unspecified atom stereocenters. The zero-order valence-electron chi connectivity index (χ0n) is 22.2. The van der Waals surface area contributed by atoms with Crippen molar-refractivity contribution in [3.05, 3.63) is 60.4 Å². The Morgan fingerprint density at radius 3 is 2.73 bits per heavy atom. The predicted octanol–water partition coefficient (Wildman–Crippen LogP) is 4.59. The number of nitrogen functional groups attached to an aromatic ring is 1. The van der Waals surface area contributed by atoms with Crippen molar-refractivity contribution >= 4 is 28.4 Å². The SMILES string of the molecule is COc1cc(-c2nn(C3CCC(O)(CC#N)CC3)c3ncnc(N)c23)ccc1NC(=O)C1CC1c1ccccc1. The third kappa shape index (κ3) is 4.73. The summed E-state index contributed by atoms with van der Waals surface area (Å²) in [5.74, 6) is 0.978. The minimum Gasteiger partial charge on any atom is -0.495 e. The van der Waals surface area contributed by atoms with Crippen molar-refractivity contribution in [3.63, 3.8) is 0 Å². The summed E-state index contributed by atoms with van der Waals surface area (Å²) in [4.78, 5) is 21.7. The molecule has 6 rings (SSSR count). The van der Waals surface area contributed by atoms with Crippen molar-refractivity contribution in [2.45, 2.75) is 56.1 Å². The van der Waals surface area contributed by atoms with Crippen LogP contribution >= 0.6 is 0 Å². The van der Waals surface area contributed by atoms with E-state index in [9.17, 15) is 9.90 Å². The Balaban J connectivity index is 1.27. The van der Waals surface area contributed by atoms with Gasteiger partial charge < -0.3 is 20.9 Å². The molecule has 4 N–H and O–H groups in total. The van der Waals surface area contributed by atoms with Gasteiger partial charge in [-0.2, -0.15) is 10.4 Å². The highest BCUT2D eigenvalue weighted by molar-refractivity contribution is 6.00. The number of fused-ring (bicyclic) bond motifs is 1. The van der Waals surface area contributed by atoms with Gasteiger partial charge in [0.25, 0.3) is 0 Å². The summed E-state index contributed by atoms with van der Waals surface area (Å²) in [7, 11) is 1.57. The van der Waals surface area contributed by atoms with Crippen LogP contribution in [0, 0.1) is 17.2 Å². The van der Waals surface area contributed by atoms with Crippen molar-refractivity contribution < 1.29 is 14.6 Å². The Labute approximate surface area is 231 Å². The van der Waals surface area contributed by atoms with E-state index in [0.717, 1.165) is 12.0 Å². The van der Waals surface area contributed by atoms with Crippen molar-refractivity contribution in [1.82, 2.24) is 19.7 Å². The summed E-state index contributed by atoms with van der Waals surface area (Å²) in [6, 6.07) is 17.7. The number of amides is 1. The first-order valence-electron chi connectivity index (χ1n) is 13.5. The fraction of sp³-hybridized carbons (Fsp3) is 0.367. The van der Waals surface area contributed by atoms with Crippen molar-refractivity contribution in [2.24, 2.45) is 5.92 Å². The van der Waals surface area contributed by atoms with E-state index in [1.165, 1.54) is 11.9 Å². The number of benzene rings is 2. The minimum atomic E-state index is -0.958. The van der Waals surface area contributed by atoms with Gasteiger partial charge in [0.1, 0.15) is 23.6 Å². The van der Waals surface area contributed by atoms with Gasteiger partial charge in [-0.1, -0.05) is 36.4 Å². The summed E-state index contributed by atoms with van der Waals surface area (Å²) < 4.78 is 7.53. The molecule has 2 aliphatic carbocycles. The van der Waals surface area contributed by atoms with E-state index >= 15 is 0 Å². The van der Waals surface area contributed by atoms with Crippen molar-refractivity contribution in [3.8, 4) is 23.1 Å². The van der Waals surface area contributed by atoms with Crippen LogP contribution in [0.5, 0.6) is 5.75 Å². The van der Waals surface area contributed by atoms with Gasteiger partial charge in [-0.3, -0.25) is 4.79 Å². The van der Waals surface area contributed by atoms with Gasteiger partial charge in [-0.05, 0) is 55.7 Å². The number of nitrogens with zero attached hydrogens (tertiary/aromatic N) is 5.